The summed E-state index contributed by atoms with van der Waals surface area (Å²) in [6.45, 7) is 2.23. The number of rotatable bonds is 3. The van der Waals surface area contributed by atoms with Gasteiger partial charge in [0.1, 0.15) is 6.04 Å². The molecule has 1 aliphatic heterocycles. The van der Waals surface area contributed by atoms with E-state index in [1.165, 1.54) is 9.21 Å². The van der Waals surface area contributed by atoms with Crippen molar-refractivity contribution < 1.29 is 13.2 Å². The van der Waals surface area contributed by atoms with E-state index < -0.39 is 16.1 Å². The third kappa shape index (κ3) is 3.14. The zero-order chi connectivity index (χ0) is 15.8. The Morgan fingerprint density at radius 1 is 1.38 bits per heavy atom. The Bertz CT molecular complexity index is 658. The van der Waals surface area contributed by atoms with E-state index in [1.807, 2.05) is 6.92 Å². The summed E-state index contributed by atoms with van der Waals surface area (Å²) in [5.41, 5.74) is 0.853. The topological polar surface area (TPSA) is 57.7 Å². The van der Waals surface area contributed by atoms with E-state index in [1.54, 1.807) is 32.3 Å². The SMILES string of the molecule is Cc1cc(S(=O)(=O)N2CCCC2C(=O)N(C)C)ccc1Br. The molecule has 5 nitrogen and oxygen atoms in total. The van der Waals surface area contributed by atoms with E-state index in [0.717, 1.165) is 10.0 Å². The van der Waals surface area contributed by atoms with E-state index >= 15 is 0 Å². The Hall–Kier alpha value is -0.920. The number of sulfonamides is 1. The van der Waals surface area contributed by atoms with E-state index in [-0.39, 0.29) is 10.8 Å². The maximum Gasteiger partial charge on any atom is 0.243 e. The summed E-state index contributed by atoms with van der Waals surface area (Å²) in [7, 11) is -0.345. The van der Waals surface area contributed by atoms with Gasteiger partial charge in [-0.2, -0.15) is 4.31 Å². The number of carbonyl (C=O) groups excluding carboxylic acids is 1. The predicted molar refractivity (Wildman–Crippen MR) is 84.5 cm³/mol. The Morgan fingerprint density at radius 2 is 2.05 bits per heavy atom. The molecule has 116 valence electrons. The first-order valence-corrected chi connectivity index (χ1v) is 8.97. The van der Waals surface area contributed by atoms with Gasteiger partial charge >= 0.3 is 0 Å². The second-order valence-electron chi connectivity index (χ2n) is 5.42. The molecule has 0 saturated carbocycles. The minimum Gasteiger partial charge on any atom is -0.347 e. The van der Waals surface area contributed by atoms with Gasteiger partial charge in [-0.1, -0.05) is 15.9 Å². The van der Waals surface area contributed by atoms with Gasteiger partial charge in [0.05, 0.1) is 4.90 Å². The number of hydrogen-bond acceptors (Lipinski definition) is 3. The molecule has 0 radical (unpaired) electrons. The van der Waals surface area contributed by atoms with Crippen molar-refractivity contribution in [3.63, 3.8) is 0 Å². The van der Waals surface area contributed by atoms with Gasteiger partial charge in [-0.25, -0.2) is 8.42 Å². The van der Waals surface area contributed by atoms with Crippen LogP contribution in [0.2, 0.25) is 0 Å². The summed E-state index contributed by atoms with van der Waals surface area (Å²) in [4.78, 5) is 13.9. The van der Waals surface area contributed by atoms with Crippen molar-refractivity contribution in [2.75, 3.05) is 20.6 Å². The molecule has 1 unspecified atom stereocenters. The van der Waals surface area contributed by atoms with Crippen molar-refractivity contribution in [2.45, 2.75) is 30.7 Å². The normalized spacial score (nSPS) is 19.7. The second kappa shape index (κ2) is 6.06. The molecule has 1 saturated heterocycles. The number of amides is 1. The van der Waals surface area contributed by atoms with Gasteiger partial charge in [-0.15, -0.1) is 0 Å². The average molecular weight is 375 g/mol. The molecule has 0 bridgehead atoms. The quantitative estimate of drug-likeness (QED) is 0.812. The van der Waals surface area contributed by atoms with Crippen LogP contribution in [0.15, 0.2) is 27.6 Å². The zero-order valence-corrected chi connectivity index (χ0v) is 14.7. The van der Waals surface area contributed by atoms with Crippen LogP contribution in [0.1, 0.15) is 18.4 Å². The molecular formula is C14H19BrN2O3S. The van der Waals surface area contributed by atoms with E-state index in [4.69, 9.17) is 0 Å². The summed E-state index contributed by atoms with van der Waals surface area (Å²) >= 11 is 3.36. The van der Waals surface area contributed by atoms with Crippen LogP contribution in [0.3, 0.4) is 0 Å². The molecule has 1 amide bonds. The molecule has 1 atom stereocenters. The van der Waals surface area contributed by atoms with Crippen LogP contribution in [0.4, 0.5) is 0 Å². The van der Waals surface area contributed by atoms with E-state index in [9.17, 15) is 13.2 Å². The van der Waals surface area contributed by atoms with Crippen LogP contribution in [0.5, 0.6) is 0 Å². The summed E-state index contributed by atoms with van der Waals surface area (Å²) in [5, 5.41) is 0. The lowest BCUT2D eigenvalue weighted by molar-refractivity contribution is -0.132. The standard InChI is InChI=1S/C14H19BrN2O3S/c1-10-9-11(6-7-12(10)15)21(19,20)17-8-4-5-13(17)14(18)16(2)3/h6-7,9,13H,4-5,8H2,1-3H3. The molecule has 21 heavy (non-hydrogen) atoms. The lowest BCUT2D eigenvalue weighted by Gasteiger charge is -2.25. The van der Waals surface area contributed by atoms with E-state index in [2.05, 4.69) is 15.9 Å². The van der Waals surface area contributed by atoms with Gasteiger partial charge in [-0.3, -0.25) is 4.79 Å². The van der Waals surface area contributed by atoms with Gasteiger partial charge < -0.3 is 4.90 Å². The zero-order valence-electron chi connectivity index (χ0n) is 12.3. The lowest BCUT2D eigenvalue weighted by Crippen LogP contribution is -2.45. The van der Waals surface area contributed by atoms with Crippen LogP contribution in [-0.4, -0.2) is 50.2 Å². The second-order valence-corrected chi connectivity index (χ2v) is 8.16. The minimum absolute atomic E-state index is 0.162. The fraction of sp³-hybridized carbons (Fsp3) is 0.500. The summed E-state index contributed by atoms with van der Waals surface area (Å²) in [6, 6.07) is 4.34. The number of hydrogen-bond donors (Lipinski definition) is 0. The fourth-order valence-corrected chi connectivity index (χ4v) is 4.47. The highest BCUT2D eigenvalue weighted by atomic mass is 79.9. The Kier molecular flexibility index (Phi) is 4.75. The van der Waals surface area contributed by atoms with Crippen LogP contribution < -0.4 is 0 Å². The number of likely N-dealkylation sites (N-methyl/N-ethyl adjacent to an activating group) is 1. The molecule has 0 spiro atoms. The van der Waals surface area contributed by atoms with Crippen LogP contribution >= 0.6 is 15.9 Å². The van der Waals surface area contributed by atoms with E-state index in [0.29, 0.717) is 19.4 Å². The smallest absolute Gasteiger partial charge is 0.243 e. The molecule has 1 fully saturated rings. The third-order valence-electron chi connectivity index (χ3n) is 3.67. The van der Waals surface area contributed by atoms with Crippen molar-refractivity contribution >= 4 is 31.9 Å². The fourth-order valence-electron chi connectivity index (χ4n) is 2.49. The van der Waals surface area contributed by atoms with Gasteiger partial charge in [0.25, 0.3) is 0 Å². The molecule has 1 aliphatic rings. The highest BCUT2D eigenvalue weighted by Gasteiger charge is 2.40. The molecular weight excluding hydrogens is 356 g/mol. The number of aryl methyl sites for hydroxylation is 1. The van der Waals surface area contributed by atoms with Crippen molar-refractivity contribution in [3.05, 3.63) is 28.2 Å². The van der Waals surface area contributed by atoms with Crippen molar-refractivity contribution in [1.82, 2.24) is 9.21 Å². The Balaban J connectivity index is 2.38. The largest absolute Gasteiger partial charge is 0.347 e. The average Bonchev–Trinajstić information content (AvgIpc) is 2.90. The molecule has 0 aliphatic carbocycles. The van der Waals surface area contributed by atoms with Gasteiger partial charge in [0, 0.05) is 25.1 Å². The number of nitrogens with zero attached hydrogens (tertiary/aromatic N) is 2. The Morgan fingerprint density at radius 3 is 2.62 bits per heavy atom. The van der Waals surface area contributed by atoms with Gasteiger partial charge in [0.2, 0.25) is 15.9 Å². The van der Waals surface area contributed by atoms with Crippen LogP contribution in [0, 0.1) is 6.92 Å². The maximum atomic E-state index is 12.8. The number of carbonyl (C=O) groups is 1. The molecule has 0 N–H and O–H groups in total. The monoisotopic (exact) mass is 374 g/mol. The van der Waals surface area contributed by atoms with Gasteiger partial charge in [-0.05, 0) is 43.5 Å². The number of benzene rings is 1. The third-order valence-corrected chi connectivity index (χ3v) is 6.46. The summed E-state index contributed by atoms with van der Waals surface area (Å²) in [6.07, 6.45) is 1.28. The lowest BCUT2D eigenvalue weighted by atomic mass is 10.2. The maximum absolute atomic E-state index is 12.8. The van der Waals surface area contributed by atoms with Crippen molar-refractivity contribution in [2.24, 2.45) is 0 Å². The highest BCUT2D eigenvalue weighted by molar-refractivity contribution is 9.10. The predicted octanol–water partition coefficient (Wildman–Crippen LogP) is 2.00. The first-order chi connectivity index (χ1) is 9.75. The first-order valence-electron chi connectivity index (χ1n) is 6.74. The molecule has 1 heterocycles. The minimum atomic E-state index is -3.64. The summed E-state index contributed by atoms with van der Waals surface area (Å²) in [5.74, 6) is -0.162. The molecule has 7 heteroatoms. The van der Waals surface area contributed by atoms with Crippen molar-refractivity contribution in [3.8, 4) is 0 Å². The van der Waals surface area contributed by atoms with Crippen LogP contribution in [-0.2, 0) is 14.8 Å². The molecule has 2 rings (SSSR count). The number of halogens is 1. The van der Waals surface area contributed by atoms with Crippen molar-refractivity contribution in [1.29, 1.82) is 0 Å². The molecule has 0 aromatic heterocycles. The van der Waals surface area contributed by atoms with Crippen LogP contribution in [0.25, 0.3) is 0 Å². The Labute approximate surface area is 134 Å². The molecule has 1 aromatic rings. The van der Waals surface area contributed by atoms with Gasteiger partial charge in [0.15, 0.2) is 0 Å². The molecule has 1 aromatic carbocycles. The highest BCUT2D eigenvalue weighted by Crippen LogP contribution is 2.28. The summed E-state index contributed by atoms with van der Waals surface area (Å²) < 4.78 is 27.7. The first kappa shape index (κ1) is 16.5.